The number of benzene rings is 3. The zero-order valence-electron chi connectivity index (χ0n) is 18.1. The Labute approximate surface area is 209 Å². The van der Waals surface area contributed by atoms with E-state index in [9.17, 15) is 24.3 Å². The van der Waals surface area contributed by atoms with Crippen molar-refractivity contribution >= 4 is 64.0 Å². The van der Waals surface area contributed by atoms with Gasteiger partial charge in [-0.05, 0) is 48.9 Å². The molecule has 2 N–H and O–H groups in total. The van der Waals surface area contributed by atoms with Crippen molar-refractivity contribution in [1.82, 2.24) is 0 Å². The molecule has 3 amide bonds. The Kier molecular flexibility index (Phi) is 6.59. The van der Waals surface area contributed by atoms with Crippen LogP contribution in [0.2, 0.25) is 5.02 Å². The molecule has 0 aromatic heterocycles. The molecule has 0 radical (unpaired) electrons. The van der Waals surface area contributed by atoms with Crippen LogP contribution < -0.4 is 20.6 Å². The van der Waals surface area contributed by atoms with Crippen molar-refractivity contribution in [2.45, 2.75) is 6.92 Å². The lowest BCUT2D eigenvalue weighted by Crippen LogP contribution is -2.32. The molecule has 1 heterocycles. The molecular formula is C25H16Cl2N3O5-. The number of carbonyl (C=O) groups excluding carboxylic acids is 4. The van der Waals surface area contributed by atoms with E-state index in [-0.39, 0.29) is 33.2 Å². The van der Waals surface area contributed by atoms with Crippen molar-refractivity contribution in [3.05, 3.63) is 99.2 Å². The fraction of sp³-hybridized carbons (Fsp3) is 0.0400. The highest BCUT2D eigenvalue weighted by Crippen LogP contribution is 2.32. The third-order valence-electron chi connectivity index (χ3n) is 5.25. The Morgan fingerprint density at radius 3 is 2.34 bits per heavy atom. The number of halogens is 2. The maximum atomic E-state index is 13.0. The van der Waals surface area contributed by atoms with Crippen LogP contribution in [0.15, 0.2) is 77.5 Å². The second kappa shape index (κ2) is 9.61. The first-order chi connectivity index (χ1) is 16.7. The molecule has 3 aromatic carbocycles. The molecule has 0 saturated heterocycles. The standard InChI is InChI=1S/C25H17Cl2N3O5/c1-13-9-10-14(22(31)29-18-8-3-2-7-17(18)25(34)35)11-19(13)28-21-20(27)23(32)30(24(21)33)16-6-4-5-15(26)12-16/h2-12,28H,1H3,(H,29,31)(H,34,35)/p-1. The Hall–Kier alpha value is -4.14. The molecule has 3 aromatic rings. The quantitative estimate of drug-likeness (QED) is 0.490. The van der Waals surface area contributed by atoms with E-state index in [2.05, 4.69) is 10.6 Å². The third-order valence-corrected chi connectivity index (χ3v) is 5.83. The minimum atomic E-state index is -1.43. The van der Waals surface area contributed by atoms with Gasteiger partial charge in [0.15, 0.2) is 0 Å². The van der Waals surface area contributed by atoms with Gasteiger partial charge >= 0.3 is 0 Å². The summed E-state index contributed by atoms with van der Waals surface area (Å²) >= 11 is 12.2. The number of aryl methyl sites for hydroxylation is 1. The predicted octanol–water partition coefficient (Wildman–Crippen LogP) is 3.70. The van der Waals surface area contributed by atoms with Gasteiger partial charge in [0.05, 0.1) is 17.3 Å². The molecule has 176 valence electrons. The Morgan fingerprint density at radius 1 is 0.886 bits per heavy atom. The summed E-state index contributed by atoms with van der Waals surface area (Å²) < 4.78 is 0. The summed E-state index contributed by atoms with van der Waals surface area (Å²) in [4.78, 5) is 50.7. The zero-order valence-corrected chi connectivity index (χ0v) is 19.6. The van der Waals surface area contributed by atoms with Crippen LogP contribution in [0.3, 0.4) is 0 Å². The van der Waals surface area contributed by atoms with Crippen molar-refractivity contribution in [3.63, 3.8) is 0 Å². The van der Waals surface area contributed by atoms with Gasteiger partial charge in [-0.3, -0.25) is 14.4 Å². The van der Waals surface area contributed by atoms with E-state index in [0.29, 0.717) is 16.3 Å². The monoisotopic (exact) mass is 508 g/mol. The van der Waals surface area contributed by atoms with Crippen LogP contribution in [0.4, 0.5) is 17.1 Å². The number of para-hydroxylation sites is 1. The summed E-state index contributed by atoms with van der Waals surface area (Å²) in [7, 11) is 0. The van der Waals surface area contributed by atoms with Crippen molar-refractivity contribution in [3.8, 4) is 0 Å². The van der Waals surface area contributed by atoms with Crippen molar-refractivity contribution in [2.75, 3.05) is 15.5 Å². The number of nitrogens with zero attached hydrogens (tertiary/aromatic N) is 1. The molecule has 0 spiro atoms. The fourth-order valence-corrected chi connectivity index (χ4v) is 3.86. The van der Waals surface area contributed by atoms with E-state index in [4.69, 9.17) is 23.2 Å². The number of amides is 3. The van der Waals surface area contributed by atoms with Gasteiger partial charge in [-0.2, -0.15) is 0 Å². The largest absolute Gasteiger partial charge is 0.545 e. The number of anilines is 3. The molecule has 10 heteroatoms. The van der Waals surface area contributed by atoms with Crippen LogP contribution in [0.1, 0.15) is 26.3 Å². The molecule has 0 unspecified atom stereocenters. The van der Waals surface area contributed by atoms with E-state index >= 15 is 0 Å². The van der Waals surface area contributed by atoms with Gasteiger partial charge in [0, 0.05) is 21.8 Å². The summed E-state index contributed by atoms with van der Waals surface area (Å²) in [6.07, 6.45) is 0. The summed E-state index contributed by atoms with van der Waals surface area (Å²) in [5.74, 6) is -3.41. The van der Waals surface area contributed by atoms with E-state index in [1.165, 1.54) is 36.4 Å². The molecule has 0 bridgehead atoms. The van der Waals surface area contributed by atoms with Gasteiger partial charge in [0.1, 0.15) is 10.7 Å². The first-order valence-corrected chi connectivity index (χ1v) is 11.0. The number of aromatic carboxylic acids is 1. The third kappa shape index (κ3) is 4.75. The normalized spacial score (nSPS) is 13.3. The van der Waals surface area contributed by atoms with Gasteiger partial charge in [0.2, 0.25) is 0 Å². The van der Waals surface area contributed by atoms with Crippen molar-refractivity contribution < 1.29 is 24.3 Å². The highest BCUT2D eigenvalue weighted by molar-refractivity contribution is 6.53. The number of carboxylic acid groups (broad SMARTS) is 1. The first-order valence-electron chi connectivity index (χ1n) is 10.2. The van der Waals surface area contributed by atoms with Crippen molar-refractivity contribution in [1.29, 1.82) is 0 Å². The van der Waals surface area contributed by atoms with E-state index in [1.54, 1.807) is 37.3 Å². The van der Waals surface area contributed by atoms with Crippen LogP contribution in [-0.2, 0) is 9.59 Å². The topological polar surface area (TPSA) is 119 Å². The Balaban J connectivity index is 1.60. The van der Waals surface area contributed by atoms with E-state index in [0.717, 1.165) is 4.90 Å². The molecule has 1 aliphatic heterocycles. The van der Waals surface area contributed by atoms with Gasteiger partial charge in [-0.1, -0.05) is 53.5 Å². The second-order valence-corrected chi connectivity index (χ2v) is 8.37. The first kappa shape index (κ1) is 24.0. The maximum Gasteiger partial charge on any atom is 0.283 e. The maximum absolute atomic E-state index is 13.0. The van der Waals surface area contributed by atoms with Crippen molar-refractivity contribution in [2.24, 2.45) is 0 Å². The van der Waals surface area contributed by atoms with Gasteiger partial charge < -0.3 is 20.5 Å². The average molecular weight is 509 g/mol. The smallest absolute Gasteiger partial charge is 0.283 e. The molecule has 0 fully saturated rings. The molecule has 0 atom stereocenters. The van der Waals surface area contributed by atoms with E-state index < -0.39 is 23.7 Å². The number of hydrogen-bond donors (Lipinski definition) is 2. The second-order valence-electron chi connectivity index (χ2n) is 7.56. The summed E-state index contributed by atoms with van der Waals surface area (Å²) in [5, 5.41) is 16.7. The van der Waals surface area contributed by atoms with Gasteiger partial charge in [0.25, 0.3) is 17.7 Å². The van der Waals surface area contributed by atoms with Crippen LogP contribution in [0.25, 0.3) is 0 Å². The lowest BCUT2D eigenvalue weighted by molar-refractivity contribution is -0.254. The van der Waals surface area contributed by atoms with Crippen LogP contribution in [0.5, 0.6) is 0 Å². The molecule has 0 saturated carbocycles. The number of nitrogens with one attached hydrogen (secondary N) is 2. The van der Waals surface area contributed by atoms with E-state index in [1.807, 2.05) is 0 Å². The molecular weight excluding hydrogens is 493 g/mol. The zero-order chi connectivity index (χ0) is 25.3. The number of rotatable bonds is 6. The van der Waals surface area contributed by atoms with Gasteiger partial charge in [-0.15, -0.1) is 0 Å². The minimum Gasteiger partial charge on any atom is -0.545 e. The summed E-state index contributed by atoms with van der Waals surface area (Å²) in [5.41, 5.74) is 1.21. The lowest BCUT2D eigenvalue weighted by Gasteiger charge is -2.16. The molecule has 1 aliphatic rings. The Morgan fingerprint density at radius 2 is 1.63 bits per heavy atom. The number of hydrogen-bond acceptors (Lipinski definition) is 6. The highest BCUT2D eigenvalue weighted by Gasteiger charge is 2.39. The number of imide groups is 1. The molecule has 4 rings (SSSR count). The molecule has 0 aliphatic carbocycles. The number of carboxylic acids is 1. The minimum absolute atomic E-state index is 0.0760. The summed E-state index contributed by atoms with van der Waals surface area (Å²) in [6, 6.07) is 16.7. The van der Waals surface area contributed by atoms with Crippen LogP contribution in [0, 0.1) is 6.92 Å². The number of carbonyl (C=O) groups is 4. The van der Waals surface area contributed by atoms with Crippen LogP contribution >= 0.6 is 23.2 Å². The van der Waals surface area contributed by atoms with Gasteiger partial charge in [-0.25, -0.2) is 4.90 Å². The molecule has 35 heavy (non-hydrogen) atoms. The Bertz CT molecular complexity index is 1430. The SMILES string of the molecule is Cc1ccc(C(=O)Nc2ccccc2C(=O)[O-])cc1NC1=C(Cl)C(=O)N(c2cccc(Cl)c2)C1=O. The van der Waals surface area contributed by atoms with Crippen LogP contribution in [-0.4, -0.2) is 23.7 Å². The average Bonchev–Trinajstić information content (AvgIpc) is 3.03. The summed E-state index contributed by atoms with van der Waals surface area (Å²) in [6.45, 7) is 1.74. The lowest BCUT2D eigenvalue weighted by atomic mass is 10.1. The predicted molar refractivity (Wildman–Crippen MR) is 130 cm³/mol. The molecule has 8 nitrogen and oxygen atoms in total. The highest BCUT2D eigenvalue weighted by atomic mass is 35.5. The fourth-order valence-electron chi connectivity index (χ4n) is 3.46.